The molecule has 0 saturated carbocycles. The largest absolute Gasteiger partial charge is 0.478 e. The number of nitrogens with zero attached hydrogens (tertiary/aromatic N) is 2. The topological polar surface area (TPSA) is 65.5 Å². The summed E-state index contributed by atoms with van der Waals surface area (Å²) in [6, 6.07) is 0.330. The van der Waals surface area contributed by atoms with Gasteiger partial charge < -0.3 is 15.3 Å². The number of anilines is 1. The fourth-order valence-corrected chi connectivity index (χ4v) is 3.23. The lowest BCUT2D eigenvalue weighted by Gasteiger charge is -2.32. The summed E-state index contributed by atoms with van der Waals surface area (Å²) in [7, 11) is 0. The average Bonchev–Trinajstić information content (AvgIpc) is 2.70. The van der Waals surface area contributed by atoms with E-state index in [0.717, 1.165) is 32.5 Å². The van der Waals surface area contributed by atoms with E-state index in [1.165, 1.54) is 11.5 Å². The highest BCUT2D eigenvalue weighted by atomic mass is 32.1. The Morgan fingerprint density at radius 1 is 1.67 bits per heavy atom. The van der Waals surface area contributed by atoms with Crippen molar-refractivity contribution < 1.29 is 9.90 Å². The number of aromatic nitrogens is 1. The number of piperidine rings is 1. The molecular weight excluding hydrogens is 250 g/mol. The zero-order valence-corrected chi connectivity index (χ0v) is 11.6. The highest BCUT2D eigenvalue weighted by molar-refractivity contribution is 7.10. The molecule has 0 amide bonds. The summed E-state index contributed by atoms with van der Waals surface area (Å²) in [6.45, 7) is 7.06. The molecule has 6 heteroatoms. The van der Waals surface area contributed by atoms with Crippen LogP contribution in [0.1, 0.15) is 35.8 Å². The maximum Gasteiger partial charge on any atom is 0.340 e. The van der Waals surface area contributed by atoms with E-state index in [1.807, 2.05) is 0 Å². The third-order valence-corrected chi connectivity index (χ3v) is 4.23. The molecule has 1 atom stereocenters. The fraction of sp³-hybridized carbons (Fsp3) is 0.667. The maximum atomic E-state index is 11.2. The normalized spacial score (nSPS) is 20.9. The zero-order valence-electron chi connectivity index (χ0n) is 10.8. The van der Waals surface area contributed by atoms with Crippen LogP contribution in [0.2, 0.25) is 0 Å². The molecule has 1 aromatic heterocycles. The molecule has 0 aliphatic carbocycles. The molecule has 100 valence electrons. The van der Waals surface area contributed by atoms with Gasteiger partial charge in [-0.1, -0.05) is 6.92 Å². The van der Waals surface area contributed by atoms with Gasteiger partial charge in [-0.15, -0.1) is 0 Å². The fourth-order valence-electron chi connectivity index (χ4n) is 2.37. The summed E-state index contributed by atoms with van der Waals surface area (Å²) in [4.78, 5) is 13.6. The Bertz CT molecular complexity index is 433. The van der Waals surface area contributed by atoms with Crippen molar-refractivity contribution in [3.8, 4) is 0 Å². The number of hydrogen-bond donors (Lipinski definition) is 2. The van der Waals surface area contributed by atoms with Crippen LogP contribution in [0.5, 0.6) is 0 Å². The van der Waals surface area contributed by atoms with Gasteiger partial charge in [0.05, 0.1) is 5.69 Å². The zero-order chi connectivity index (χ0) is 13.1. The minimum Gasteiger partial charge on any atom is -0.478 e. The van der Waals surface area contributed by atoms with Crippen molar-refractivity contribution in [3.05, 3.63) is 11.3 Å². The van der Waals surface area contributed by atoms with E-state index in [9.17, 15) is 9.90 Å². The summed E-state index contributed by atoms with van der Waals surface area (Å²) in [6.07, 6.45) is 2.25. The second-order valence-electron chi connectivity index (χ2n) is 4.65. The second-order valence-corrected chi connectivity index (χ2v) is 5.43. The molecule has 0 bridgehead atoms. The number of carboxylic acids is 1. The molecular formula is C12H19N3O2S. The highest BCUT2D eigenvalue weighted by Gasteiger charge is 2.23. The summed E-state index contributed by atoms with van der Waals surface area (Å²) in [5, 5.41) is 13.2. The first-order chi connectivity index (χ1) is 8.61. The van der Waals surface area contributed by atoms with Crippen LogP contribution in [0.4, 0.5) is 5.00 Å². The predicted octanol–water partition coefficient (Wildman–Crippen LogP) is 2.05. The van der Waals surface area contributed by atoms with Crippen LogP contribution in [0, 0.1) is 6.92 Å². The molecule has 18 heavy (non-hydrogen) atoms. The van der Waals surface area contributed by atoms with Crippen LogP contribution < -0.4 is 5.32 Å². The van der Waals surface area contributed by atoms with Crippen LogP contribution >= 0.6 is 11.5 Å². The number of likely N-dealkylation sites (tertiary alicyclic amines) is 1. The monoisotopic (exact) mass is 269 g/mol. The molecule has 0 aromatic carbocycles. The minimum atomic E-state index is -0.896. The van der Waals surface area contributed by atoms with Gasteiger partial charge in [0.25, 0.3) is 0 Å². The maximum absolute atomic E-state index is 11.2. The lowest BCUT2D eigenvalue weighted by molar-refractivity contribution is 0.0697. The Balaban J connectivity index is 2.07. The van der Waals surface area contributed by atoms with E-state index in [2.05, 4.69) is 21.5 Å². The quantitative estimate of drug-likeness (QED) is 0.875. The minimum absolute atomic E-state index is 0.327. The van der Waals surface area contributed by atoms with Gasteiger partial charge in [-0.3, -0.25) is 0 Å². The Morgan fingerprint density at radius 3 is 3.11 bits per heavy atom. The number of hydrogen-bond acceptors (Lipinski definition) is 5. The van der Waals surface area contributed by atoms with Gasteiger partial charge in [0.1, 0.15) is 10.6 Å². The Kier molecular flexibility index (Phi) is 4.19. The van der Waals surface area contributed by atoms with Crippen LogP contribution in [0.3, 0.4) is 0 Å². The molecule has 1 aliphatic rings. The van der Waals surface area contributed by atoms with Crippen molar-refractivity contribution >= 4 is 22.5 Å². The molecule has 1 saturated heterocycles. The first-order valence-electron chi connectivity index (χ1n) is 6.30. The third kappa shape index (κ3) is 2.81. The number of carboxylic acid groups (broad SMARTS) is 1. The van der Waals surface area contributed by atoms with Gasteiger partial charge >= 0.3 is 5.97 Å². The van der Waals surface area contributed by atoms with E-state index in [4.69, 9.17) is 0 Å². The van der Waals surface area contributed by atoms with Crippen molar-refractivity contribution in [1.29, 1.82) is 0 Å². The summed E-state index contributed by atoms with van der Waals surface area (Å²) < 4.78 is 4.13. The van der Waals surface area contributed by atoms with E-state index < -0.39 is 5.97 Å². The standard InChI is InChI=1S/C12H19N3O2S/c1-3-15-6-4-5-9(7-15)13-11-10(12(16)17)8(2)14-18-11/h9,13H,3-7H2,1-2H3,(H,16,17). The van der Waals surface area contributed by atoms with Crippen molar-refractivity contribution in [1.82, 2.24) is 9.27 Å². The highest BCUT2D eigenvalue weighted by Crippen LogP contribution is 2.26. The molecule has 1 fully saturated rings. The van der Waals surface area contributed by atoms with E-state index in [1.54, 1.807) is 6.92 Å². The van der Waals surface area contributed by atoms with Crippen molar-refractivity contribution in [2.24, 2.45) is 0 Å². The van der Waals surface area contributed by atoms with Crippen LogP contribution in [-0.2, 0) is 0 Å². The number of aryl methyl sites for hydroxylation is 1. The first kappa shape index (κ1) is 13.3. The third-order valence-electron chi connectivity index (χ3n) is 3.36. The lowest BCUT2D eigenvalue weighted by Crippen LogP contribution is -2.41. The summed E-state index contributed by atoms with van der Waals surface area (Å²) >= 11 is 1.25. The van der Waals surface area contributed by atoms with E-state index in [-0.39, 0.29) is 0 Å². The summed E-state index contributed by atoms with van der Waals surface area (Å²) in [5.74, 6) is -0.896. The molecule has 2 rings (SSSR count). The van der Waals surface area contributed by atoms with E-state index in [0.29, 0.717) is 22.3 Å². The molecule has 1 aromatic rings. The van der Waals surface area contributed by atoms with Crippen molar-refractivity contribution in [2.75, 3.05) is 25.0 Å². The number of carbonyl (C=O) groups is 1. The van der Waals surface area contributed by atoms with Gasteiger partial charge in [-0.05, 0) is 44.4 Å². The number of nitrogens with one attached hydrogen (secondary N) is 1. The Labute approximate surface area is 111 Å². The van der Waals surface area contributed by atoms with Gasteiger partial charge in [0, 0.05) is 12.6 Å². The van der Waals surface area contributed by atoms with Crippen LogP contribution in [0.25, 0.3) is 0 Å². The van der Waals surface area contributed by atoms with Gasteiger partial charge in [0.15, 0.2) is 0 Å². The smallest absolute Gasteiger partial charge is 0.340 e. The number of rotatable bonds is 4. The van der Waals surface area contributed by atoms with Crippen molar-refractivity contribution in [3.63, 3.8) is 0 Å². The van der Waals surface area contributed by atoms with Crippen molar-refractivity contribution in [2.45, 2.75) is 32.7 Å². The van der Waals surface area contributed by atoms with Crippen LogP contribution in [0.15, 0.2) is 0 Å². The number of likely N-dealkylation sites (N-methyl/N-ethyl adjacent to an activating group) is 1. The van der Waals surface area contributed by atoms with Gasteiger partial charge in [0.2, 0.25) is 0 Å². The molecule has 5 nitrogen and oxygen atoms in total. The second kappa shape index (κ2) is 5.67. The first-order valence-corrected chi connectivity index (χ1v) is 7.07. The molecule has 1 aliphatic heterocycles. The van der Waals surface area contributed by atoms with Crippen LogP contribution in [-0.4, -0.2) is 46.0 Å². The molecule has 2 N–H and O–H groups in total. The molecule has 1 unspecified atom stereocenters. The SMILES string of the molecule is CCN1CCCC(Nc2snc(C)c2C(=O)O)C1. The summed E-state index contributed by atoms with van der Waals surface area (Å²) in [5.41, 5.74) is 0.923. The predicted molar refractivity (Wildman–Crippen MR) is 72.6 cm³/mol. The lowest BCUT2D eigenvalue weighted by atomic mass is 10.1. The number of aromatic carboxylic acids is 1. The molecule has 0 radical (unpaired) electrons. The average molecular weight is 269 g/mol. The van der Waals surface area contributed by atoms with E-state index >= 15 is 0 Å². The molecule has 2 heterocycles. The molecule has 0 spiro atoms. The van der Waals surface area contributed by atoms with Gasteiger partial charge in [-0.2, -0.15) is 4.37 Å². The Morgan fingerprint density at radius 2 is 2.44 bits per heavy atom. The van der Waals surface area contributed by atoms with Gasteiger partial charge in [-0.25, -0.2) is 4.79 Å². The Hall–Kier alpha value is -1.14.